The third-order valence-electron chi connectivity index (χ3n) is 4.47. The number of carbonyl (C=O) groups is 1. The second-order valence-electron chi connectivity index (χ2n) is 5.87. The SMILES string of the molecule is CCCN1CCN(C(=O)CCCn2cncn2)[C@H](C)[C@H]1C. The summed E-state index contributed by atoms with van der Waals surface area (Å²) in [7, 11) is 0. The van der Waals surface area contributed by atoms with Gasteiger partial charge in [-0.3, -0.25) is 14.4 Å². The summed E-state index contributed by atoms with van der Waals surface area (Å²) < 4.78 is 1.78. The molecule has 0 spiro atoms. The van der Waals surface area contributed by atoms with Crippen LogP contribution in [0.1, 0.15) is 40.0 Å². The summed E-state index contributed by atoms with van der Waals surface area (Å²) in [6, 6.07) is 0.738. The van der Waals surface area contributed by atoms with Crippen LogP contribution in [0, 0.1) is 0 Å². The fraction of sp³-hybridized carbons (Fsp3) is 0.800. The maximum atomic E-state index is 12.4. The monoisotopic (exact) mass is 293 g/mol. The third-order valence-corrected chi connectivity index (χ3v) is 4.47. The first-order chi connectivity index (χ1) is 10.1. The number of carbonyl (C=O) groups excluding carboxylic acids is 1. The van der Waals surface area contributed by atoms with Crippen LogP contribution in [0.15, 0.2) is 12.7 Å². The molecular formula is C15H27N5O. The molecule has 21 heavy (non-hydrogen) atoms. The van der Waals surface area contributed by atoms with Gasteiger partial charge in [-0.05, 0) is 33.2 Å². The minimum absolute atomic E-state index is 0.269. The first-order valence-corrected chi connectivity index (χ1v) is 7.99. The van der Waals surface area contributed by atoms with Gasteiger partial charge in [0.05, 0.1) is 0 Å². The summed E-state index contributed by atoms with van der Waals surface area (Å²) in [6.07, 6.45) is 5.79. The molecule has 1 saturated heterocycles. The number of aryl methyl sites for hydroxylation is 1. The molecule has 0 aromatic carbocycles. The van der Waals surface area contributed by atoms with Gasteiger partial charge in [0.2, 0.25) is 5.91 Å². The molecule has 1 fully saturated rings. The summed E-state index contributed by atoms with van der Waals surface area (Å²) in [6.45, 7) is 10.3. The molecule has 1 aromatic heterocycles. The average Bonchev–Trinajstić information content (AvgIpc) is 2.97. The summed E-state index contributed by atoms with van der Waals surface area (Å²) in [5.41, 5.74) is 0. The molecule has 0 saturated carbocycles. The zero-order valence-electron chi connectivity index (χ0n) is 13.4. The molecule has 1 aliphatic rings. The van der Waals surface area contributed by atoms with Gasteiger partial charge in [0.25, 0.3) is 0 Å². The maximum Gasteiger partial charge on any atom is 0.222 e. The molecule has 1 aromatic rings. The van der Waals surface area contributed by atoms with E-state index in [1.165, 1.54) is 12.7 Å². The molecule has 0 aliphatic carbocycles. The van der Waals surface area contributed by atoms with E-state index in [-0.39, 0.29) is 5.91 Å². The molecule has 6 heteroatoms. The Kier molecular flexibility index (Phi) is 5.73. The molecule has 0 N–H and O–H groups in total. The van der Waals surface area contributed by atoms with Crippen molar-refractivity contribution in [1.29, 1.82) is 0 Å². The Labute approximate surface area is 127 Å². The van der Waals surface area contributed by atoms with Crippen LogP contribution < -0.4 is 0 Å². The van der Waals surface area contributed by atoms with Crippen molar-refractivity contribution in [2.75, 3.05) is 19.6 Å². The molecule has 2 rings (SSSR count). The second-order valence-corrected chi connectivity index (χ2v) is 5.87. The molecule has 0 bridgehead atoms. The van der Waals surface area contributed by atoms with E-state index in [2.05, 4.69) is 40.7 Å². The molecule has 2 atom stereocenters. The van der Waals surface area contributed by atoms with Crippen molar-refractivity contribution >= 4 is 5.91 Å². The van der Waals surface area contributed by atoms with Crippen molar-refractivity contribution in [3.05, 3.63) is 12.7 Å². The minimum atomic E-state index is 0.269. The Hall–Kier alpha value is -1.43. The van der Waals surface area contributed by atoms with Crippen LogP contribution in [-0.2, 0) is 11.3 Å². The number of hydrogen-bond donors (Lipinski definition) is 0. The van der Waals surface area contributed by atoms with Gasteiger partial charge in [0.1, 0.15) is 12.7 Å². The molecule has 0 unspecified atom stereocenters. The van der Waals surface area contributed by atoms with Gasteiger partial charge in [-0.15, -0.1) is 0 Å². The van der Waals surface area contributed by atoms with Gasteiger partial charge in [-0.2, -0.15) is 5.10 Å². The number of nitrogens with zero attached hydrogens (tertiary/aromatic N) is 5. The van der Waals surface area contributed by atoms with E-state index in [1.807, 2.05) is 0 Å². The first-order valence-electron chi connectivity index (χ1n) is 7.99. The number of aromatic nitrogens is 3. The fourth-order valence-corrected chi connectivity index (χ4v) is 3.05. The van der Waals surface area contributed by atoms with Crippen LogP contribution in [0.2, 0.25) is 0 Å². The topological polar surface area (TPSA) is 54.3 Å². The average molecular weight is 293 g/mol. The standard InChI is InChI=1S/C15H27N5O/c1-4-7-18-9-10-20(14(3)13(18)2)15(21)6-5-8-19-12-16-11-17-19/h11-14H,4-10H2,1-3H3/t13-,14-/m1/s1. The van der Waals surface area contributed by atoms with Crippen LogP contribution in [0.4, 0.5) is 0 Å². The van der Waals surface area contributed by atoms with E-state index < -0.39 is 0 Å². The summed E-state index contributed by atoms with van der Waals surface area (Å²) in [5, 5.41) is 4.06. The highest BCUT2D eigenvalue weighted by molar-refractivity contribution is 5.76. The lowest BCUT2D eigenvalue weighted by molar-refractivity contribution is -0.137. The quantitative estimate of drug-likeness (QED) is 0.795. The van der Waals surface area contributed by atoms with Gasteiger partial charge in [-0.1, -0.05) is 6.92 Å². The van der Waals surface area contributed by atoms with Gasteiger partial charge in [0.15, 0.2) is 0 Å². The molecule has 2 heterocycles. The predicted molar refractivity (Wildman–Crippen MR) is 81.8 cm³/mol. The van der Waals surface area contributed by atoms with E-state index in [4.69, 9.17) is 0 Å². The Bertz CT molecular complexity index is 433. The fourth-order valence-electron chi connectivity index (χ4n) is 3.05. The molecule has 6 nitrogen and oxygen atoms in total. The van der Waals surface area contributed by atoms with E-state index >= 15 is 0 Å². The molecule has 1 amide bonds. The Balaban J connectivity index is 1.79. The lowest BCUT2D eigenvalue weighted by Gasteiger charge is -2.45. The van der Waals surface area contributed by atoms with Crippen molar-refractivity contribution in [2.45, 2.75) is 58.7 Å². The van der Waals surface area contributed by atoms with Crippen LogP contribution >= 0.6 is 0 Å². The Morgan fingerprint density at radius 3 is 2.71 bits per heavy atom. The van der Waals surface area contributed by atoms with Crippen molar-refractivity contribution in [3.63, 3.8) is 0 Å². The van der Waals surface area contributed by atoms with Gasteiger partial charge >= 0.3 is 0 Å². The zero-order chi connectivity index (χ0) is 15.2. The lowest BCUT2D eigenvalue weighted by Crippen LogP contribution is -2.58. The van der Waals surface area contributed by atoms with E-state index in [0.717, 1.165) is 32.6 Å². The molecule has 0 radical (unpaired) electrons. The van der Waals surface area contributed by atoms with Gasteiger partial charge < -0.3 is 4.90 Å². The van der Waals surface area contributed by atoms with E-state index in [1.54, 1.807) is 11.0 Å². The second kappa shape index (κ2) is 7.54. The summed E-state index contributed by atoms with van der Waals surface area (Å²) in [4.78, 5) is 20.9. The Morgan fingerprint density at radius 1 is 1.24 bits per heavy atom. The Morgan fingerprint density at radius 2 is 2.05 bits per heavy atom. The number of piperazine rings is 1. The molecular weight excluding hydrogens is 266 g/mol. The number of rotatable bonds is 6. The minimum Gasteiger partial charge on any atom is -0.337 e. The normalized spacial score (nSPS) is 23.5. The zero-order valence-corrected chi connectivity index (χ0v) is 13.4. The highest BCUT2D eigenvalue weighted by Gasteiger charge is 2.32. The first kappa shape index (κ1) is 15.9. The summed E-state index contributed by atoms with van der Waals surface area (Å²) in [5.74, 6) is 0.269. The van der Waals surface area contributed by atoms with Gasteiger partial charge in [-0.25, -0.2) is 4.98 Å². The summed E-state index contributed by atoms with van der Waals surface area (Å²) >= 11 is 0. The van der Waals surface area contributed by atoms with Crippen LogP contribution in [0.5, 0.6) is 0 Å². The van der Waals surface area contributed by atoms with Crippen molar-refractivity contribution in [3.8, 4) is 0 Å². The number of hydrogen-bond acceptors (Lipinski definition) is 4. The third kappa shape index (κ3) is 4.03. The lowest BCUT2D eigenvalue weighted by atomic mass is 10.0. The largest absolute Gasteiger partial charge is 0.337 e. The molecule has 1 aliphatic heterocycles. The van der Waals surface area contributed by atoms with Crippen LogP contribution in [0.25, 0.3) is 0 Å². The van der Waals surface area contributed by atoms with Crippen molar-refractivity contribution in [1.82, 2.24) is 24.6 Å². The van der Waals surface area contributed by atoms with E-state index in [9.17, 15) is 4.79 Å². The van der Waals surface area contributed by atoms with Crippen molar-refractivity contribution in [2.24, 2.45) is 0 Å². The predicted octanol–water partition coefficient (Wildman–Crippen LogP) is 1.39. The number of amides is 1. The molecule has 118 valence electrons. The van der Waals surface area contributed by atoms with Gasteiger partial charge in [0, 0.05) is 38.1 Å². The van der Waals surface area contributed by atoms with Crippen LogP contribution in [-0.4, -0.2) is 62.2 Å². The van der Waals surface area contributed by atoms with Crippen molar-refractivity contribution < 1.29 is 4.79 Å². The highest BCUT2D eigenvalue weighted by Crippen LogP contribution is 2.18. The van der Waals surface area contributed by atoms with E-state index in [0.29, 0.717) is 18.5 Å². The highest BCUT2D eigenvalue weighted by atomic mass is 16.2. The maximum absolute atomic E-state index is 12.4. The smallest absolute Gasteiger partial charge is 0.222 e. The van der Waals surface area contributed by atoms with Crippen LogP contribution in [0.3, 0.4) is 0 Å².